The second-order valence-electron chi connectivity index (χ2n) is 6.80. The number of rotatable bonds is 15. The van der Waals surface area contributed by atoms with Gasteiger partial charge in [-0.25, -0.2) is 13.3 Å². The number of halogens is 2. The van der Waals surface area contributed by atoms with Crippen LogP contribution >= 0.6 is 8.69 Å². The molecular formula is C19H30F2NO4P. The number of aryl methyl sites for hydroxylation is 1. The first-order valence-corrected chi connectivity index (χ1v) is 10.1. The number of nitrogens with two attached hydrogens (primary N) is 1. The van der Waals surface area contributed by atoms with Gasteiger partial charge in [-0.2, -0.15) is 0 Å². The SMILES string of the molecule is CCCCCCCOc1ccc(CCC(N)(CO)COP=O)cc1C(F)F. The first-order chi connectivity index (χ1) is 13.0. The minimum absolute atomic E-state index is 0.0878. The fourth-order valence-electron chi connectivity index (χ4n) is 2.69. The van der Waals surface area contributed by atoms with Crippen LogP contribution < -0.4 is 10.5 Å². The third-order valence-corrected chi connectivity index (χ3v) is 4.68. The Morgan fingerprint density at radius 1 is 1.26 bits per heavy atom. The number of aliphatic hydroxyl groups excluding tert-OH is 1. The molecule has 0 bridgehead atoms. The third kappa shape index (κ3) is 9.06. The molecule has 0 aliphatic heterocycles. The Kier molecular flexibility index (Phi) is 11.6. The molecule has 0 saturated carbocycles. The lowest BCUT2D eigenvalue weighted by atomic mass is 9.93. The molecule has 27 heavy (non-hydrogen) atoms. The fourth-order valence-corrected chi connectivity index (χ4v) is 3.00. The van der Waals surface area contributed by atoms with Gasteiger partial charge >= 0.3 is 8.69 Å². The molecule has 0 spiro atoms. The van der Waals surface area contributed by atoms with Crippen molar-refractivity contribution in [3.05, 3.63) is 29.3 Å². The topological polar surface area (TPSA) is 81.8 Å². The zero-order valence-corrected chi connectivity index (χ0v) is 16.7. The van der Waals surface area contributed by atoms with Gasteiger partial charge in [0.25, 0.3) is 6.43 Å². The average molecular weight is 405 g/mol. The van der Waals surface area contributed by atoms with E-state index in [1.807, 2.05) is 0 Å². The minimum atomic E-state index is -2.64. The third-order valence-electron chi connectivity index (χ3n) is 4.45. The summed E-state index contributed by atoms with van der Waals surface area (Å²) in [6, 6.07) is 4.71. The first-order valence-electron chi connectivity index (χ1n) is 9.34. The highest BCUT2D eigenvalue weighted by Gasteiger charge is 2.25. The first kappa shape index (κ1) is 23.9. The van der Waals surface area contributed by atoms with Gasteiger partial charge in [-0.15, -0.1) is 0 Å². The van der Waals surface area contributed by atoms with Crippen LogP contribution in [0.4, 0.5) is 8.78 Å². The largest absolute Gasteiger partial charge is 0.493 e. The Morgan fingerprint density at radius 2 is 2.00 bits per heavy atom. The summed E-state index contributed by atoms with van der Waals surface area (Å²) >= 11 is 0. The van der Waals surface area contributed by atoms with Gasteiger partial charge < -0.3 is 15.6 Å². The second-order valence-corrected chi connectivity index (χ2v) is 7.21. The lowest BCUT2D eigenvalue weighted by Crippen LogP contribution is -2.47. The summed E-state index contributed by atoms with van der Waals surface area (Å²) in [6.45, 7) is 2.11. The highest BCUT2D eigenvalue weighted by Crippen LogP contribution is 2.31. The standard InChI is InChI=1S/C19H30F2NO4P/c1-2-3-4-5-6-11-25-17-8-7-15(12-16(17)18(20)21)9-10-19(22,13-23)14-26-27-24/h7-8,12,18,23H,2-6,9-11,13-14,22H2,1H3. The number of unbranched alkanes of at least 4 members (excludes halogenated alkanes) is 4. The second kappa shape index (κ2) is 13.1. The van der Waals surface area contributed by atoms with E-state index >= 15 is 0 Å². The van der Waals surface area contributed by atoms with Crippen LogP contribution in [-0.4, -0.2) is 30.5 Å². The number of ether oxygens (including phenoxy) is 1. The van der Waals surface area contributed by atoms with Crippen LogP contribution in [0, 0.1) is 0 Å². The van der Waals surface area contributed by atoms with Gasteiger partial charge in [0.2, 0.25) is 0 Å². The lowest BCUT2D eigenvalue weighted by Gasteiger charge is -2.25. The molecule has 1 aromatic rings. The molecule has 1 rings (SSSR count). The number of aliphatic hydroxyl groups is 1. The van der Waals surface area contributed by atoms with Crippen molar-refractivity contribution in [2.75, 3.05) is 19.8 Å². The van der Waals surface area contributed by atoms with Crippen LogP contribution in [-0.2, 0) is 15.5 Å². The van der Waals surface area contributed by atoms with Gasteiger partial charge in [-0.05, 0) is 37.0 Å². The number of benzene rings is 1. The highest BCUT2D eigenvalue weighted by atomic mass is 31.1. The predicted molar refractivity (Wildman–Crippen MR) is 102 cm³/mol. The van der Waals surface area contributed by atoms with Gasteiger partial charge in [-0.3, -0.25) is 4.52 Å². The van der Waals surface area contributed by atoms with E-state index in [0.29, 0.717) is 25.0 Å². The Hall–Kier alpha value is -1.14. The van der Waals surface area contributed by atoms with Gasteiger partial charge in [0.15, 0.2) is 0 Å². The Balaban J connectivity index is 2.65. The molecule has 0 fully saturated rings. The number of alkyl halides is 2. The van der Waals surface area contributed by atoms with E-state index in [0.717, 1.165) is 25.7 Å². The average Bonchev–Trinajstić information content (AvgIpc) is 2.67. The minimum Gasteiger partial charge on any atom is -0.493 e. The van der Waals surface area contributed by atoms with Crippen LogP contribution in [0.25, 0.3) is 0 Å². The lowest BCUT2D eigenvalue weighted by molar-refractivity contribution is 0.133. The van der Waals surface area contributed by atoms with Crippen molar-refractivity contribution in [2.45, 2.75) is 63.8 Å². The van der Waals surface area contributed by atoms with E-state index in [1.54, 1.807) is 12.1 Å². The van der Waals surface area contributed by atoms with E-state index in [4.69, 9.17) is 15.0 Å². The van der Waals surface area contributed by atoms with Gasteiger partial charge in [0.1, 0.15) is 5.75 Å². The zero-order chi connectivity index (χ0) is 20.1. The summed E-state index contributed by atoms with van der Waals surface area (Å²) < 4.78 is 47.5. The molecule has 0 aromatic heterocycles. The summed E-state index contributed by atoms with van der Waals surface area (Å²) in [6.07, 6.45) is 3.38. The normalized spacial score (nSPS) is 13.9. The van der Waals surface area contributed by atoms with Crippen LogP contribution in [0.1, 0.15) is 63.0 Å². The molecule has 0 radical (unpaired) electrons. The number of hydrogen-bond donors (Lipinski definition) is 2. The van der Waals surface area contributed by atoms with Crippen molar-refractivity contribution in [3.63, 3.8) is 0 Å². The predicted octanol–water partition coefficient (Wildman–Crippen LogP) is 4.82. The molecule has 0 aliphatic carbocycles. The maximum Gasteiger partial charge on any atom is 0.327 e. The molecule has 0 amide bonds. The van der Waals surface area contributed by atoms with Crippen LogP contribution in [0.3, 0.4) is 0 Å². The van der Waals surface area contributed by atoms with Crippen molar-refractivity contribution in [1.29, 1.82) is 0 Å². The molecule has 8 heteroatoms. The van der Waals surface area contributed by atoms with Crippen molar-refractivity contribution >= 4 is 8.69 Å². The molecule has 154 valence electrons. The van der Waals surface area contributed by atoms with Gasteiger partial charge in [0, 0.05) is 0 Å². The zero-order valence-electron chi connectivity index (χ0n) is 15.8. The summed E-state index contributed by atoms with van der Waals surface area (Å²) in [5, 5.41) is 9.40. The molecule has 0 saturated heterocycles. The van der Waals surface area contributed by atoms with E-state index in [-0.39, 0.29) is 24.5 Å². The highest BCUT2D eigenvalue weighted by molar-refractivity contribution is 7.17. The molecular weight excluding hydrogens is 375 g/mol. The summed E-state index contributed by atoms with van der Waals surface area (Å²) in [7, 11) is -0.515. The molecule has 1 aromatic carbocycles. The maximum atomic E-state index is 13.4. The fraction of sp³-hybridized carbons (Fsp3) is 0.684. The Labute approximate surface area is 161 Å². The van der Waals surface area contributed by atoms with E-state index < -0.39 is 20.7 Å². The van der Waals surface area contributed by atoms with E-state index in [1.165, 1.54) is 12.5 Å². The summed E-state index contributed by atoms with van der Waals surface area (Å²) in [5.41, 5.74) is 5.44. The van der Waals surface area contributed by atoms with Crippen molar-refractivity contribution in [3.8, 4) is 5.75 Å². The van der Waals surface area contributed by atoms with Crippen molar-refractivity contribution in [1.82, 2.24) is 0 Å². The van der Waals surface area contributed by atoms with E-state index in [2.05, 4.69) is 6.92 Å². The van der Waals surface area contributed by atoms with Crippen LogP contribution in [0.5, 0.6) is 5.75 Å². The molecule has 0 heterocycles. The van der Waals surface area contributed by atoms with Crippen LogP contribution in [0.2, 0.25) is 0 Å². The van der Waals surface area contributed by atoms with E-state index in [9.17, 15) is 18.5 Å². The van der Waals surface area contributed by atoms with Gasteiger partial charge in [0.05, 0.1) is 30.9 Å². The molecule has 3 N–H and O–H groups in total. The quantitative estimate of drug-likeness (QED) is 0.323. The molecule has 1 atom stereocenters. The number of hydrogen-bond acceptors (Lipinski definition) is 5. The Bertz CT molecular complexity index is 563. The van der Waals surface area contributed by atoms with Crippen LogP contribution in [0.15, 0.2) is 18.2 Å². The summed E-state index contributed by atoms with van der Waals surface area (Å²) in [4.78, 5) is 0. The molecule has 5 nitrogen and oxygen atoms in total. The molecule has 0 aliphatic rings. The maximum absolute atomic E-state index is 13.4. The van der Waals surface area contributed by atoms with Crippen molar-refractivity contribution in [2.24, 2.45) is 5.73 Å². The Morgan fingerprint density at radius 3 is 2.63 bits per heavy atom. The smallest absolute Gasteiger partial charge is 0.327 e. The van der Waals surface area contributed by atoms with Gasteiger partial charge in [-0.1, -0.05) is 38.7 Å². The summed E-state index contributed by atoms with van der Waals surface area (Å²) in [5.74, 6) is 0.207. The molecule has 1 unspecified atom stereocenters. The monoisotopic (exact) mass is 405 g/mol. The van der Waals surface area contributed by atoms with Crippen molar-refractivity contribution < 1.29 is 27.7 Å².